The Kier molecular flexibility index (Phi) is 8.47. The first-order chi connectivity index (χ1) is 10.1. The molecule has 1 amide bonds. The minimum Gasteiger partial charge on any atom is -0.494 e. The van der Waals surface area contributed by atoms with Crippen LogP contribution in [-0.4, -0.2) is 39.3 Å². The van der Waals surface area contributed by atoms with E-state index in [1.54, 1.807) is 7.11 Å². The number of amides is 1. The zero-order chi connectivity index (χ0) is 15.5. The van der Waals surface area contributed by atoms with Gasteiger partial charge < -0.3 is 20.1 Å². The maximum Gasteiger partial charge on any atom is 0.238 e. The number of hydrogen-bond donors (Lipinski definition) is 2. The first-order valence-corrected chi connectivity index (χ1v) is 7.34. The van der Waals surface area contributed by atoms with Crippen LogP contribution in [0, 0.1) is 5.92 Å². The van der Waals surface area contributed by atoms with Gasteiger partial charge in [0.15, 0.2) is 0 Å². The van der Waals surface area contributed by atoms with Crippen molar-refractivity contribution >= 4 is 11.6 Å². The second-order valence-corrected chi connectivity index (χ2v) is 5.28. The normalized spacial score (nSPS) is 10.7. The fraction of sp³-hybridized carbons (Fsp3) is 0.562. The minimum absolute atomic E-state index is 0.0783. The monoisotopic (exact) mass is 294 g/mol. The Morgan fingerprint density at radius 3 is 2.81 bits per heavy atom. The van der Waals surface area contributed by atoms with E-state index in [1.807, 2.05) is 24.3 Å². The molecule has 5 nitrogen and oxygen atoms in total. The molecule has 0 radical (unpaired) electrons. The Balaban J connectivity index is 2.35. The largest absolute Gasteiger partial charge is 0.494 e. The molecule has 0 heterocycles. The molecule has 0 aliphatic heterocycles. The third-order valence-electron chi connectivity index (χ3n) is 2.85. The molecular weight excluding hydrogens is 268 g/mol. The molecule has 0 saturated carbocycles. The predicted molar refractivity (Wildman–Crippen MR) is 84.8 cm³/mol. The van der Waals surface area contributed by atoms with Crippen molar-refractivity contribution in [1.82, 2.24) is 5.32 Å². The highest BCUT2D eigenvalue weighted by Gasteiger charge is 2.03. The summed E-state index contributed by atoms with van der Waals surface area (Å²) in [5.41, 5.74) is 0.746. The molecule has 1 aromatic rings. The van der Waals surface area contributed by atoms with E-state index < -0.39 is 0 Å². The third kappa shape index (κ3) is 8.32. The van der Waals surface area contributed by atoms with Crippen LogP contribution in [0.3, 0.4) is 0 Å². The summed E-state index contributed by atoms with van der Waals surface area (Å²) in [6.45, 7) is 6.53. The van der Waals surface area contributed by atoms with E-state index >= 15 is 0 Å². The molecular formula is C16H26N2O3. The minimum atomic E-state index is -0.0783. The molecule has 0 spiro atoms. The van der Waals surface area contributed by atoms with Crippen molar-refractivity contribution in [1.29, 1.82) is 0 Å². The van der Waals surface area contributed by atoms with Gasteiger partial charge in [0, 0.05) is 25.4 Å². The highest BCUT2D eigenvalue weighted by Crippen LogP contribution is 2.17. The van der Waals surface area contributed by atoms with Crippen molar-refractivity contribution in [3.8, 4) is 5.75 Å². The number of nitrogens with one attached hydrogen (secondary N) is 2. The molecule has 0 aliphatic rings. The van der Waals surface area contributed by atoms with Crippen molar-refractivity contribution < 1.29 is 14.3 Å². The molecule has 0 bridgehead atoms. The Morgan fingerprint density at radius 1 is 1.29 bits per heavy atom. The summed E-state index contributed by atoms with van der Waals surface area (Å²) in [4.78, 5) is 11.7. The van der Waals surface area contributed by atoms with E-state index in [2.05, 4.69) is 24.5 Å². The van der Waals surface area contributed by atoms with Crippen molar-refractivity contribution in [3.63, 3.8) is 0 Å². The van der Waals surface area contributed by atoms with Crippen molar-refractivity contribution in [2.24, 2.45) is 5.92 Å². The van der Waals surface area contributed by atoms with Crippen LogP contribution in [0.1, 0.15) is 20.3 Å². The average Bonchev–Trinajstić information content (AvgIpc) is 2.44. The number of rotatable bonds is 10. The predicted octanol–water partition coefficient (Wildman–Crippen LogP) is 2.29. The quantitative estimate of drug-likeness (QED) is 0.650. The molecule has 1 aromatic carbocycles. The lowest BCUT2D eigenvalue weighted by Gasteiger charge is -2.10. The molecule has 0 atom stereocenters. The van der Waals surface area contributed by atoms with Gasteiger partial charge in [0.1, 0.15) is 5.75 Å². The van der Waals surface area contributed by atoms with Gasteiger partial charge in [-0.1, -0.05) is 19.9 Å². The van der Waals surface area contributed by atoms with E-state index in [4.69, 9.17) is 9.47 Å². The standard InChI is InChI=1S/C16H26N2O3/c1-13(2)7-9-21-15-6-4-5-14(11-15)18-16(19)12-17-8-10-20-3/h4-6,11,13,17H,7-10,12H2,1-3H3,(H,18,19). The fourth-order valence-electron chi connectivity index (χ4n) is 1.66. The number of anilines is 1. The highest BCUT2D eigenvalue weighted by atomic mass is 16.5. The van der Waals surface area contributed by atoms with E-state index in [0.717, 1.165) is 17.9 Å². The van der Waals surface area contributed by atoms with E-state index in [0.29, 0.717) is 25.7 Å². The van der Waals surface area contributed by atoms with Crippen molar-refractivity contribution in [2.45, 2.75) is 20.3 Å². The van der Waals surface area contributed by atoms with Gasteiger partial charge in [-0.15, -0.1) is 0 Å². The summed E-state index contributed by atoms with van der Waals surface area (Å²) in [7, 11) is 1.63. The summed E-state index contributed by atoms with van der Waals surface area (Å²) in [5, 5.41) is 5.84. The second-order valence-electron chi connectivity index (χ2n) is 5.28. The van der Waals surface area contributed by atoms with Gasteiger partial charge in [0.2, 0.25) is 5.91 Å². The summed E-state index contributed by atoms with van der Waals surface area (Å²) in [6, 6.07) is 7.46. The number of ether oxygens (including phenoxy) is 2. The molecule has 118 valence electrons. The van der Waals surface area contributed by atoms with Gasteiger partial charge in [-0.2, -0.15) is 0 Å². The highest BCUT2D eigenvalue weighted by molar-refractivity contribution is 5.92. The lowest BCUT2D eigenvalue weighted by Crippen LogP contribution is -2.30. The van der Waals surface area contributed by atoms with Crippen LogP contribution < -0.4 is 15.4 Å². The molecule has 0 saturated heterocycles. The molecule has 2 N–H and O–H groups in total. The maximum absolute atomic E-state index is 11.7. The molecule has 0 fully saturated rings. The SMILES string of the molecule is COCCNCC(=O)Nc1cccc(OCCC(C)C)c1. The van der Waals surface area contributed by atoms with Crippen LogP contribution >= 0.6 is 0 Å². The Bertz CT molecular complexity index is 422. The van der Waals surface area contributed by atoms with Crippen LogP contribution in [0.15, 0.2) is 24.3 Å². The maximum atomic E-state index is 11.7. The van der Waals surface area contributed by atoms with Crippen LogP contribution in [0.2, 0.25) is 0 Å². The van der Waals surface area contributed by atoms with E-state index in [9.17, 15) is 4.79 Å². The van der Waals surface area contributed by atoms with Gasteiger partial charge in [-0.25, -0.2) is 0 Å². The van der Waals surface area contributed by atoms with Gasteiger partial charge in [0.05, 0.1) is 19.8 Å². The number of carbonyl (C=O) groups excluding carboxylic acids is 1. The van der Waals surface area contributed by atoms with Gasteiger partial charge in [-0.3, -0.25) is 4.79 Å². The summed E-state index contributed by atoms with van der Waals surface area (Å²) >= 11 is 0. The molecule has 1 rings (SSSR count). The number of hydrogen-bond acceptors (Lipinski definition) is 4. The smallest absolute Gasteiger partial charge is 0.238 e. The Labute approximate surface area is 127 Å². The van der Waals surface area contributed by atoms with Crippen LogP contribution in [0.5, 0.6) is 5.75 Å². The van der Waals surface area contributed by atoms with Gasteiger partial charge in [0.25, 0.3) is 0 Å². The van der Waals surface area contributed by atoms with E-state index in [1.165, 1.54) is 0 Å². The Morgan fingerprint density at radius 2 is 2.10 bits per heavy atom. The summed E-state index contributed by atoms with van der Waals surface area (Å²) < 4.78 is 10.6. The topological polar surface area (TPSA) is 59.6 Å². The third-order valence-corrected chi connectivity index (χ3v) is 2.85. The molecule has 5 heteroatoms. The average molecular weight is 294 g/mol. The number of methoxy groups -OCH3 is 1. The molecule has 0 unspecified atom stereocenters. The first-order valence-electron chi connectivity index (χ1n) is 7.34. The number of benzene rings is 1. The molecule has 21 heavy (non-hydrogen) atoms. The molecule has 0 aromatic heterocycles. The molecule has 0 aliphatic carbocycles. The first kappa shape index (κ1) is 17.5. The van der Waals surface area contributed by atoms with Crippen molar-refractivity contribution in [2.75, 3.05) is 38.7 Å². The fourth-order valence-corrected chi connectivity index (χ4v) is 1.66. The van der Waals surface area contributed by atoms with Gasteiger partial charge in [-0.05, 0) is 24.5 Å². The van der Waals surface area contributed by atoms with Crippen LogP contribution in [0.25, 0.3) is 0 Å². The van der Waals surface area contributed by atoms with E-state index in [-0.39, 0.29) is 12.5 Å². The second kappa shape index (κ2) is 10.2. The van der Waals surface area contributed by atoms with Crippen LogP contribution in [0.4, 0.5) is 5.69 Å². The number of carbonyl (C=O) groups is 1. The lowest BCUT2D eigenvalue weighted by molar-refractivity contribution is -0.115. The zero-order valence-electron chi connectivity index (χ0n) is 13.1. The van der Waals surface area contributed by atoms with Gasteiger partial charge >= 0.3 is 0 Å². The van der Waals surface area contributed by atoms with Crippen molar-refractivity contribution in [3.05, 3.63) is 24.3 Å². The lowest BCUT2D eigenvalue weighted by atomic mass is 10.1. The Hall–Kier alpha value is -1.59. The van der Waals surface area contributed by atoms with Crippen LogP contribution in [-0.2, 0) is 9.53 Å². The summed E-state index contributed by atoms with van der Waals surface area (Å²) in [6.07, 6.45) is 1.01. The summed E-state index contributed by atoms with van der Waals surface area (Å²) in [5.74, 6) is 1.32. The zero-order valence-corrected chi connectivity index (χ0v) is 13.1.